The Labute approximate surface area is 150 Å². The van der Waals surface area contributed by atoms with Gasteiger partial charge in [-0.25, -0.2) is 4.98 Å². The summed E-state index contributed by atoms with van der Waals surface area (Å²) < 4.78 is 0. The van der Waals surface area contributed by atoms with Crippen molar-refractivity contribution in [1.82, 2.24) is 4.98 Å². The predicted molar refractivity (Wildman–Crippen MR) is 102 cm³/mol. The minimum absolute atomic E-state index is 0.309. The van der Waals surface area contributed by atoms with Crippen molar-refractivity contribution in [3.63, 3.8) is 0 Å². The molecule has 1 aliphatic carbocycles. The summed E-state index contributed by atoms with van der Waals surface area (Å²) in [6.07, 6.45) is 1.62. The lowest BCUT2D eigenvalue weighted by Gasteiger charge is -2.22. The molecular formula is C20H19N3OS. The number of thiazole rings is 1. The topological polar surface area (TPSA) is 57.5 Å². The van der Waals surface area contributed by atoms with Gasteiger partial charge in [-0.15, -0.1) is 0 Å². The van der Waals surface area contributed by atoms with Crippen molar-refractivity contribution in [3.8, 4) is 0 Å². The Morgan fingerprint density at radius 3 is 2.48 bits per heavy atom. The molecule has 1 heterocycles. The summed E-state index contributed by atoms with van der Waals surface area (Å²) in [5, 5.41) is 17.3. The van der Waals surface area contributed by atoms with Gasteiger partial charge >= 0.3 is 0 Å². The third kappa shape index (κ3) is 3.42. The molecule has 0 bridgehead atoms. The molecule has 4 rings (SSSR count). The van der Waals surface area contributed by atoms with Gasteiger partial charge in [0.1, 0.15) is 0 Å². The molecule has 0 amide bonds. The number of nitrogens with one attached hydrogen (secondary N) is 1. The number of hydrogen-bond donors (Lipinski definition) is 2. The maximum Gasteiger partial charge on any atom is 0.183 e. The molecule has 1 aromatic heterocycles. The molecule has 5 heteroatoms. The number of rotatable bonds is 4. The third-order valence-corrected chi connectivity index (χ3v) is 5.62. The van der Waals surface area contributed by atoms with E-state index in [1.807, 2.05) is 24.3 Å². The summed E-state index contributed by atoms with van der Waals surface area (Å²) in [6, 6.07) is 20.6. The van der Waals surface area contributed by atoms with Gasteiger partial charge in [-0.2, -0.15) is 0 Å². The number of benzene rings is 2. The van der Waals surface area contributed by atoms with E-state index in [9.17, 15) is 5.21 Å². The highest BCUT2D eigenvalue weighted by molar-refractivity contribution is 7.17. The number of nitrogens with zero attached hydrogens (tertiary/aromatic N) is 2. The molecule has 2 N–H and O–H groups in total. The van der Waals surface area contributed by atoms with Crippen molar-refractivity contribution >= 4 is 22.2 Å². The molecule has 0 fully saturated rings. The summed E-state index contributed by atoms with van der Waals surface area (Å²) in [5.74, 6) is 0.309. The number of aromatic nitrogens is 1. The fourth-order valence-electron chi connectivity index (χ4n) is 3.24. The zero-order valence-electron chi connectivity index (χ0n) is 13.7. The number of hydrogen-bond acceptors (Lipinski definition) is 5. The fraction of sp³-hybridized carbons (Fsp3) is 0.200. The van der Waals surface area contributed by atoms with Gasteiger partial charge in [-0.05, 0) is 23.5 Å². The Hall–Kier alpha value is -2.66. The van der Waals surface area contributed by atoms with E-state index in [0.717, 1.165) is 40.8 Å². The van der Waals surface area contributed by atoms with Gasteiger partial charge < -0.3 is 10.5 Å². The Kier molecular flexibility index (Phi) is 4.48. The molecule has 4 nitrogen and oxygen atoms in total. The van der Waals surface area contributed by atoms with E-state index in [-0.39, 0.29) is 0 Å². The average Bonchev–Trinajstić information content (AvgIpc) is 3.10. The highest BCUT2D eigenvalue weighted by Gasteiger charge is 2.28. The quantitative estimate of drug-likeness (QED) is 0.532. The molecule has 0 aliphatic heterocycles. The lowest BCUT2D eigenvalue weighted by Crippen LogP contribution is -2.18. The van der Waals surface area contributed by atoms with Crippen LogP contribution < -0.4 is 5.32 Å². The van der Waals surface area contributed by atoms with Gasteiger partial charge in [-0.3, -0.25) is 0 Å². The van der Waals surface area contributed by atoms with Crippen LogP contribution in [0, 0.1) is 0 Å². The molecule has 1 unspecified atom stereocenters. The molecule has 0 saturated carbocycles. The highest BCUT2D eigenvalue weighted by Crippen LogP contribution is 2.37. The van der Waals surface area contributed by atoms with Crippen LogP contribution in [0.4, 0.5) is 5.13 Å². The minimum atomic E-state index is 0.309. The second-order valence-corrected chi connectivity index (χ2v) is 7.20. The fourth-order valence-corrected chi connectivity index (χ4v) is 4.23. The maximum absolute atomic E-state index is 9.47. The number of fused-ring (bicyclic) bond motifs is 1. The lowest BCUT2D eigenvalue weighted by molar-refractivity contribution is 0.317. The zero-order valence-corrected chi connectivity index (χ0v) is 14.5. The zero-order chi connectivity index (χ0) is 17.1. The summed E-state index contributed by atoms with van der Waals surface area (Å²) in [7, 11) is 0. The van der Waals surface area contributed by atoms with Crippen molar-refractivity contribution in [2.45, 2.75) is 25.3 Å². The van der Waals surface area contributed by atoms with Crippen LogP contribution in [-0.2, 0) is 13.0 Å². The third-order valence-electron chi connectivity index (χ3n) is 4.52. The highest BCUT2D eigenvalue weighted by atomic mass is 32.1. The normalized spacial score (nSPS) is 18.1. The largest absolute Gasteiger partial charge is 0.411 e. The smallest absolute Gasteiger partial charge is 0.183 e. The molecular weight excluding hydrogens is 330 g/mol. The van der Waals surface area contributed by atoms with Crippen molar-refractivity contribution in [2.75, 3.05) is 5.32 Å². The van der Waals surface area contributed by atoms with Crippen LogP contribution in [0.15, 0.2) is 65.8 Å². The number of oxime groups is 1. The molecule has 25 heavy (non-hydrogen) atoms. The second kappa shape index (κ2) is 7.07. The van der Waals surface area contributed by atoms with Gasteiger partial charge in [-0.1, -0.05) is 77.2 Å². The van der Waals surface area contributed by atoms with Crippen LogP contribution in [0.2, 0.25) is 0 Å². The maximum atomic E-state index is 9.47. The Balaban J connectivity index is 1.55. The molecule has 0 spiro atoms. The second-order valence-electron chi connectivity index (χ2n) is 6.20. The van der Waals surface area contributed by atoms with Crippen LogP contribution in [0.3, 0.4) is 0 Å². The molecule has 126 valence electrons. The van der Waals surface area contributed by atoms with Crippen molar-refractivity contribution in [2.24, 2.45) is 5.16 Å². The molecule has 3 aromatic rings. The Morgan fingerprint density at radius 1 is 1.04 bits per heavy atom. The summed E-state index contributed by atoms with van der Waals surface area (Å²) in [4.78, 5) is 5.76. The van der Waals surface area contributed by atoms with E-state index >= 15 is 0 Å². The van der Waals surface area contributed by atoms with Gasteiger partial charge in [0, 0.05) is 13.0 Å². The summed E-state index contributed by atoms with van der Waals surface area (Å²) in [5.41, 5.74) is 4.24. The Bertz CT molecular complexity index is 874. The van der Waals surface area contributed by atoms with E-state index in [2.05, 4.69) is 46.9 Å². The van der Waals surface area contributed by atoms with Crippen LogP contribution in [-0.4, -0.2) is 15.9 Å². The summed E-state index contributed by atoms with van der Waals surface area (Å²) >= 11 is 1.57. The van der Waals surface area contributed by atoms with Gasteiger partial charge in [0.15, 0.2) is 5.13 Å². The lowest BCUT2D eigenvalue weighted by atomic mass is 9.84. The minimum Gasteiger partial charge on any atom is -0.411 e. The van der Waals surface area contributed by atoms with Crippen LogP contribution >= 0.6 is 11.3 Å². The summed E-state index contributed by atoms with van der Waals surface area (Å²) in [6.45, 7) is 0.737. The number of anilines is 1. The van der Waals surface area contributed by atoms with Crippen LogP contribution in [0.5, 0.6) is 0 Å². The molecule has 0 saturated heterocycles. The van der Waals surface area contributed by atoms with Crippen molar-refractivity contribution in [1.29, 1.82) is 0 Å². The van der Waals surface area contributed by atoms with Crippen molar-refractivity contribution in [3.05, 3.63) is 82.4 Å². The first-order chi connectivity index (χ1) is 12.3. The first-order valence-corrected chi connectivity index (χ1v) is 9.19. The van der Waals surface area contributed by atoms with E-state index in [1.54, 1.807) is 11.3 Å². The van der Waals surface area contributed by atoms with Crippen LogP contribution in [0.25, 0.3) is 0 Å². The van der Waals surface area contributed by atoms with E-state index in [1.165, 1.54) is 11.1 Å². The molecule has 0 radical (unpaired) electrons. The van der Waals surface area contributed by atoms with Crippen LogP contribution in [0.1, 0.15) is 34.0 Å². The molecule has 2 aromatic carbocycles. The van der Waals surface area contributed by atoms with E-state index in [4.69, 9.17) is 4.98 Å². The van der Waals surface area contributed by atoms with Gasteiger partial charge in [0.2, 0.25) is 0 Å². The SMILES string of the molecule is O/N=C1\CC(c2ccccc2)Cc2nc(NCc3ccccc3)sc21. The standard InChI is InChI=1S/C20H19N3OS/c24-23-18-12-16(15-9-5-2-6-10-15)11-17-19(18)25-20(22-17)21-13-14-7-3-1-4-8-14/h1-10,16,24H,11-13H2,(H,21,22)/b23-18+. The van der Waals surface area contributed by atoms with Gasteiger partial charge in [0.25, 0.3) is 0 Å². The van der Waals surface area contributed by atoms with Crippen molar-refractivity contribution < 1.29 is 5.21 Å². The van der Waals surface area contributed by atoms with E-state index < -0.39 is 0 Å². The first-order valence-electron chi connectivity index (χ1n) is 8.37. The molecule has 1 atom stereocenters. The Morgan fingerprint density at radius 2 is 1.76 bits per heavy atom. The first kappa shape index (κ1) is 15.8. The van der Waals surface area contributed by atoms with Gasteiger partial charge in [0.05, 0.1) is 16.3 Å². The molecule has 1 aliphatic rings. The average molecular weight is 349 g/mol. The predicted octanol–water partition coefficient (Wildman–Crippen LogP) is 4.66. The van der Waals surface area contributed by atoms with E-state index in [0.29, 0.717) is 5.92 Å². The monoisotopic (exact) mass is 349 g/mol.